The minimum atomic E-state index is -1.47. The van der Waals surface area contributed by atoms with Crippen LogP contribution in [-0.2, 0) is 14.4 Å². The number of amides is 1. The number of unbranched alkanes of at least 4 members (excludes halogenated alkanes) is 5. The zero-order chi connectivity index (χ0) is 15.4. The van der Waals surface area contributed by atoms with Gasteiger partial charge in [-0.3, -0.25) is 4.79 Å². The molecule has 0 aliphatic carbocycles. The molecular weight excluding hydrogens is 308 g/mol. The van der Waals surface area contributed by atoms with Crippen LogP contribution in [0, 0.1) is 0 Å². The minimum Gasteiger partial charge on any atom is -0.550 e. The average Bonchev–Trinajstić information content (AvgIpc) is 2.38. The van der Waals surface area contributed by atoms with E-state index in [1.807, 2.05) is 0 Å². The summed E-state index contributed by atoms with van der Waals surface area (Å²) >= 11 is 0. The molecule has 1 N–H and O–H groups in total. The Morgan fingerprint density at radius 3 is 1.95 bits per heavy atom. The van der Waals surface area contributed by atoms with Crippen molar-refractivity contribution in [2.45, 2.75) is 70.8 Å². The summed E-state index contributed by atoms with van der Waals surface area (Å²) in [7, 11) is 0. The van der Waals surface area contributed by atoms with E-state index in [1.165, 1.54) is 6.42 Å². The van der Waals surface area contributed by atoms with Crippen molar-refractivity contribution >= 4 is 17.8 Å². The van der Waals surface area contributed by atoms with Gasteiger partial charge in [0.05, 0.1) is 12.0 Å². The number of nitrogens with one attached hydrogen (secondary N) is 1. The molecule has 0 saturated heterocycles. The fourth-order valence-electron chi connectivity index (χ4n) is 1.84. The van der Waals surface area contributed by atoms with Gasteiger partial charge in [-0.2, -0.15) is 0 Å². The van der Waals surface area contributed by atoms with Gasteiger partial charge in [0.15, 0.2) is 0 Å². The molecule has 0 bridgehead atoms. The van der Waals surface area contributed by atoms with Gasteiger partial charge in [0.1, 0.15) is 0 Å². The molecule has 0 saturated carbocycles. The molecule has 0 fully saturated rings. The molecule has 0 aliphatic heterocycles. The van der Waals surface area contributed by atoms with E-state index in [9.17, 15) is 24.6 Å². The van der Waals surface area contributed by atoms with Gasteiger partial charge in [0.2, 0.25) is 5.91 Å². The Hall–Kier alpha value is 0.410. The number of rotatable bonds is 12. The van der Waals surface area contributed by atoms with Gasteiger partial charge in [0.25, 0.3) is 0 Å². The van der Waals surface area contributed by atoms with Crippen molar-refractivity contribution < 1.29 is 83.7 Å². The van der Waals surface area contributed by atoms with Crippen molar-refractivity contribution in [1.29, 1.82) is 0 Å². The molecule has 0 rings (SSSR count). The Morgan fingerprint density at radius 1 is 0.909 bits per heavy atom. The molecule has 116 valence electrons. The molecule has 0 radical (unpaired) electrons. The monoisotopic (exact) mass is 331 g/mol. The van der Waals surface area contributed by atoms with E-state index in [1.54, 1.807) is 0 Å². The smallest absolute Gasteiger partial charge is 0.550 e. The van der Waals surface area contributed by atoms with Gasteiger partial charge in [0, 0.05) is 12.4 Å². The standard InChI is InChI=1S/C14H25NO5.2Na/c1-2-3-4-5-6-7-8-12(16)15-11(14(19)20)9-10-13(17)18;;/h11H,2-10H2,1H3,(H,15,16)(H,17,18)(H,19,20);;/q;2*+1/p-2/t11-;;/m0../s1. The molecule has 0 aromatic carbocycles. The molecule has 0 unspecified atom stereocenters. The summed E-state index contributed by atoms with van der Waals surface area (Å²) in [6.07, 6.45) is 5.80. The van der Waals surface area contributed by atoms with E-state index in [2.05, 4.69) is 12.2 Å². The van der Waals surface area contributed by atoms with Crippen LogP contribution in [0.15, 0.2) is 0 Å². The number of carbonyl (C=O) groups excluding carboxylic acids is 3. The molecule has 6 nitrogen and oxygen atoms in total. The van der Waals surface area contributed by atoms with Crippen LogP contribution in [0.1, 0.15) is 64.7 Å². The predicted octanol–water partition coefficient (Wildman–Crippen LogP) is -6.49. The zero-order valence-electron chi connectivity index (χ0n) is 14.0. The summed E-state index contributed by atoms with van der Waals surface area (Å²) in [4.78, 5) is 32.6. The van der Waals surface area contributed by atoms with E-state index in [0.717, 1.165) is 25.7 Å². The fourth-order valence-corrected chi connectivity index (χ4v) is 1.84. The van der Waals surface area contributed by atoms with Gasteiger partial charge < -0.3 is 25.1 Å². The predicted molar refractivity (Wildman–Crippen MR) is 69.2 cm³/mol. The third-order valence-corrected chi connectivity index (χ3v) is 3.01. The molecule has 0 aliphatic rings. The SMILES string of the molecule is CCCCCCCCC(=O)N[C@@H](CCC(=O)[O-])C(=O)[O-].[Na+].[Na+]. The quantitative estimate of drug-likeness (QED) is 0.282. The Labute approximate surface area is 176 Å². The van der Waals surface area contributed by atoms with E-state index >= 15 is 0 Å². The van der Waals surface area contributed by atoms with Crippen LogP contribution in [0.4, 0.5) is 0 Å². The van der Waals surface area contributed by atoms with E-state index < -0.39 is 24.4 Å². The van der Waals surface area contributed by atoms with Crippen LogP contribution < -0.4 is 74.6 Å². The molecule has 1 atom stereocenters. The molecular formula is C14H23NNa2O5. The maximum atomic E-state index is 11.5. The van der Waals surface area contributed by atoms with Crippen LogP contribution in [0.3, 0.4) is 0 Å². The third kappa shape index (κ3) is 16.8. The molecule has 8 heteroatoms. The van der Waals surface area contributed by atoms with Crippen molar-refractivity contribution in [3.63, 3.8) is 0 Å². The second-order valence-corrected chi connectivity index (χ2v) is 4.87. The first-order valence-electron chi connectivity index (χ1n) is 7.17. The Morgan fingerprint density at radius 2 is 1.45 bits per heavy atom. The summed E-state index contributed by atoms with van der Waals surface area (Å²) in [5.41, 5.74) is 0. The summed E-state index contributed by atoms with van der Waals surface area (Å²) in [5, 5.41) is 23.3. The van der Waals surface area contributed by atoms with Gasteiger partial charge in [-0.05, 0) is 19.3 Å². The van der Waals surface area contributed by atoms with Crippen molar-refractivity contribution in [2.75, 3.05) is 0 Å². The van der Waals surface area contributed by atoms with Crippen LogP contribution in [0.5, 0.6) is 0 Å². The second kappa shape index (κ2) is 17.8. The Kier molecular flexibility index (Phi) is 22.0. The number of carbonyl (C=O) groups is 3. The van der Waals surface area contributed by atoms with Gasteiger partial charge in [-0.1, -0.05) is 39.0 Å². The van der Waals surface area contributed by atoms with Crippen molar-refractivity contribution in [2.24, 2.45) is 0 Å². The van der Waals surface area contributed by atoms with Crippen LogP contribution in [-0.4, -0.2) is 23.9 Å². The maximum Gasteiger partial charge on any atom is 1.00 e. The second-order valence-electron chi connectivity index (χ2n) is 4.87. The topological polar surface area (TPSA) is 109 Å². The van der Waals surface area contributed by atoms with Crippen LogP contribution in [0.2, 0.25) is 0 Å². The third-order valence-electron chi connectivity index (χ3n) is 3.01. The largest absolute Gasteiger partial charge is 1.00 e. The number of carboxylic acid groups (broad SMARTS) is 2. The van der Waals surface area contributed by atoms with Crippen molar-refractivity contribution in [3.8, 4) is 0 Å². The summed E-state index contributed by atoms with van der Waals surface area (Å²) in [6.45, 7) is 2.13. The fraction of sp³-hybridized carbons (Fsp3) is 0.786. The van der Waals surface area contributed by atoms with Gasteiger partial charge in [-0.15, -0.1) is 0 Å². The molecule has 0 heterocycles. The maximum absolute atomic E-state index is 11.5. The number of hydrogen-bond acceptors (Lipinski definition) is 5. The zero-order valence-corrected chi connectivity index (χ0v) is 18.0. The number of hydrogen-bond donors (Lipinski definition) is 1. The van der Waals surface area contributed by atoms with Crippen LogP contribution in [0.25, 0.3) is 0 Å². The molecule has 1 amide bonds. The van der Waals surface area contributed by atoms with Crippen LogP contribution >= 0.6 is 0 Å². The summed E-state index contributed by atoms with van der Waals surface area (Å²) in [5.74, 6) is -3.20. The molecule has 0 spiro atoms. The Bertz CT molecular complexity index is 326. The van der Waals surface area contributed by atoms with Gasteiger partial charge >= 0.3 is 59.1 Å². The van der Waals surface area contributed by atoms with Crippen molar-refractivity contribution in [1.82, 2.24) is 5.32 Å². The first-order chi connectivity index (χ1) is 9.47. The molecule has 22 heavy (non-hydrogen) atoms. The van der Waals surface area contributed by atoms with E-state index in [-0.39, 0.29) is 77.9 Å². The first kappa shape index (κ1) is 27.3. The number of aliphatic carboxylic acids is 2. The molecule has 0 aromatic rings. The average molecular weight is 331 g/mol. The molecule has 0 aromatic heterocycles. The van der Waals surface area contributed by atoms with E-state index in [0.29, 0.717) is 6.42 Å². The van der Waals surface area contributed by atoms with E-state index in [4.69, 9.17) is 0 Å². The van der Waals surface area contributed by atoms with Crippen molar-refractivity contribution in [3.05, 3.63) is 0 Å². The minimum absolute atomic E-state index is 0. The normalized spacial score (nSPS) is 10.8. The number of carboxylic acids is 2. The first-order valence-corrected chi connectivity index (χ1v) is 7.17. The summed E-state index contributed by atoms with van der Waals surface area (Å²) < 4.78 is 0. The van der Waals surface area contributed by atoms with Gasteiger partial charge in [-0.25, -0.2) is 0 Å². The summed E-state index contributed by atoms with van der Waals surface area (Å²) in [6, 6.07) is -1.26. The Balaban J connectivity index is -0.00000180.